The third-order valence-electron chi connectivity index (χ3n) is 4.67. The van der Waals surface area contributed by atoms with E-state index in [0.29, 0.717) is 12.1 Å². The first-order valence-corrected chi connectivity index (χ1v) is 8.89. The number of carbonyl (C=O) groups excluding carboxylic acids is 2. The molecule has 0 aliphatic rings. The molecular formula is C20H16F3N3O5. The molecule has 8 nitrogen and oxygen atoms in total. The molecule has 1 heterocycles. The maximum Gasteiger partial charge on any atom is 0.416 e. The van der Waals surface area contributed by atoms with Gasteiger partial charge >= 0.3 is 12.1 Å². The second-order valence-electron chi connectivity index (χ2n) is 6.75. The van der Waals surface area contributed by atoms with Gasteiger partial charge in [0.1, 0.15) is 5.69 Å². The minimum atomic E-state index is -4.78. The molecule has 0 aliphatic carbocycles. The van der Waals surface area contributed by atoms with Crippen LogP contribution in [-0.4, -0.2) is 28.4 Å². The second kappa shape index (κ2) is 8.09. The molecule has 0 atom stereocenters. The number of aromatic amines is 1. The summed E-state index contributed by atoms with van der Waals surface area (Å²) in [6.07, 6.45) is -4.78. The largest absolute Gasteiger partial charge is 0.452 e. The fourth-order valence-corrected chi connectivity index (χ4v) is 2.95. The number of ether oxygens (including phenoxy) is 1. The lowest BCUT2D eigenvalue weighted by molar-refractivity contribution is -0.384. The number of hydrogen-bond acceptors (Lipinski definition) is 5. The van der Waals surface area contributed by atoms with Crippen molar-refractivity contribution < 1.29 is 32.4 Å². The molecule has 0 radical (unpaired) electrons. The van der Waals surface area contributed by atoms with Crippen LogP contribution < -0.4 is 5.32 Å². The van der Waals surface area contributed by atoms with E-state index in [1.54, 1.807) is 12.1 Å². The van der Waals surface area contributed by atoms with E-state index in [4.69, 9.17) is 4.74 Å². The molecule has 0 aliphatic heterocycles. The van der Waals surface area contributed by atoms with Gasteiger partial charge in [0.25, 0.3) is 11.6 Å². The Kier molecular flexibility index (Phi) is 5.69. The van der Waals surface area contributed by atoms with Gasteiger partial charge in [-0.05, 0) is 49.7 Å². The number of fused-ring (bicyclic) bond motifs is 1. The van der Waals surface area contributed by atoms with E-state index in [2.05, 4.69) is 10.3 Å². The normalized spacial score (nSPS) is 11.4. The van der Waals surface area contributed by atoms with Gasteiger partial charge in [-0.3, -0.25) is 14.9 Å². The number of nitrogens with one attached hydrogen (secondary N) is 2. The van der Waals surface area contributed by atoms with Crippen LogP contribution in [0.2, 0.25) is 0 Å². The van der Waals surface area contributed by atoms with Crippen LogP contribution in [0.15, 0.2) is 36.4 Å². The number of hydrogen-bond donors (Lipinski definition) is 2. The van der Waals surface area contributed by atoms with E-state index in [0.717, 1.165) is 28.2 Å². The average Bonchev–Trinajstić information content (AvgIpc) is 2.98. The Bertz CT molecular complexity index is 1200. The minimum absolute atomic E-state index is 0.197. The Morgan fingerprint density at radius 1 is 1.16 bits per heavy atom. The van der Waals surface area contributed by atoms with Gasteiger partial charge in [0, 0.05) is 22.7 Å². The van der Waals surface area contributed by atoms with Crippen molar-refractivity contribution in [3.8, 4) is 0 Å². The van der Waals surface area contributed by atoms with Crippen LogP contribution in [-0.2, 0) is 15.7 Å². The topological polar surface area (TPSA) is 114 Å². The van der Waals surface area contributed by atoms with Crippen LogP contribution in [0.5, 0.6) is 0 Å². The van der Waals surface area contributed by atoms with Gasteiger partial charge in [0.05, 0.1) is 16.1 Å². The van der Waals surface area contributed by atoms with Gasteiger partial charge < -0.3 is 15.0 Å². The van der Waals surface area contributed by atoms with E-state index in [1.807, 2.05) is 13.8 Å². The molecular weight excluding hydrogens is 419 g/mol. The molecule has 162 valence electrons. The highest BCUT2D eigenvalue weighted by Gasteiger charge is 2.33. The molecule has 1 amide bonds. The van der Waals surface area contributed by atoms with E-state index >= 15 is 0 Å². The summed E-state index contributed by atoms with van der Waals surface area (Å²) in [5.41, 5.74) is 0.323. The highest BCUT2D eigenvalue weighted by atomic mass is 19.4. The Balaban J connectivity index is 1.69. The lowest BCUT2D eigenvalue weighted by Crippen LogP contribution is -2.21. The number of nitro groups is 1. The maximum absolute atomic E-state index is 12.8. The number of benzene rings is 2. The number of rotatable bonds is 5. The van der Waals surface area contributed by atoms with Crippen molar-refractivity contribution in [2.24, 2.45) is 0 Å². The zero-order valence-corrected chi connectivity index (χ0v) is 16.3. The first-order valence-electron chi connectivity index (χ1n) is 8.89. The Morgan fingerprint density at radius 3 is 2.52 bits per heavy atom. The number of anilines is 1. The molecule has 2 aromatic carbocycles. The fourth-order valence-electron chi connectivity index (χ4n) is 2.95. The van der Waals surface area contributed by atoms with Crippen LogP contribution in [0.1, 0.15) is 27.2 Å². The molecule has 1 aromatic heterocycles. The van der Waals surface area contributed by atoms with Crippen molar-refractivity contribution in [3.63, 3.8) is 0 Å². The molecule has 0 bridgehead atoms. The first-order chi connectivity index (χ1) is 14.5. The summed E-state index contributed by atoms with van der Waals surface area (Å²) in [5, 5.41) is 14.0. The van der Waals surface area contributed by atoms with Gasteiger partial charge in [-0.2, -0.15) is 13.2 Å². The van der Waals surface area contributed by atoms with Gasteiger partial charge in [-0.1, -0.05) is 0 Å². The number of nitrogens with zero attached hydrogens (tertiary/aromatic N) is 1. The van der Waals surface area contributed by atoms with Crippen LogP contribution in [0.3, 0.4) is 0 Å². The minimum Gasteiger partial charge on any atom is -0.452 e. The molecule has 11 heteroatoms. The predicted molar refractivity (Wildman–Crippen MR) is 105 cm³/mol. The number of nitro benzene ring substituents is 1. The number of amides is 1. The first kappa shape index (κ1) is 21.8. The van der Waals surface area contributed by atoms with Gasteiger partial charge in [0.15, 0.2) is 6.61 Å². The quantitative estimate of drug-likeness (QED) is 0.348. The number of halogens is 3. The fraction of sp³-hybridized carbons (Fsp3) is 0.200. The second-order valence-corrected chi connectivity index (χ2v) is 6.75. The molecule has 0 saturated carbocycles. The Morgan fingerprint density at radius 2 is 1.87 bits per heavy atom. The summed E-state index contributed by atoms with van der Waals surface area (Å²) in [5.74, 6) is -1.73. The smallest absolute Gasteiger partial charge is 0.416 e. The predicted octanol–water partition coefficient (Wildman–Crippen LogP) is 4.51. The van der Waals surface area contributed by atoms with E-state index in [-0.39, 0.29) is 5.56 Å². The summed E-state index contributed by atoms with van der Waals surface area (Å²) in [7, 11) is 0. The van der Waals surface area contributed by atoms with Crippen molar-refractivity contribution in [1.29, 1.82) is 0 Å². The average molecular weight is 435 g/mol. The Hall–Kier alpha value is -3.89. The molecule has 3 aromatic rings. The lowest BCUT2D eigenvalue weighted by atomic mass is 10.1. The summed E-state index contributed by atoms with van der Waals surface area (Å²) in [4.78, 5) is 37.5. The number of aromatic nitrogens is 1. The number of alkyl halides is 3. The third kappa shape index (κ3) is 4.65. The summed E-state index contributed by atoms with van der Waals surface area (Å²) in [6, 6.07) is 6.50. The lowest BCUT2D eigenvalue weighted by Gasteiger charge is -2.10. The van der Waals surface area contributed by atoms with Crippen LogP contribution in [0.4, 0.5) is 24.5 Å². The van der Waals surface area contributed by atoms with Crippen molar-refractivity contribution >= 4 is 34.2 Å². The van der Waals surface area contributed by atoms with Gasteiger partial charge in [-0.15, -0.1) is 0 Å². The SMILES string of the molecule is Cc1[nH]c2ccc(C(=O)OCC(=O)Nc3ccc(C(F)(F)F)cc3[N+](=O)[O-])cc2c1C. The standard InChI is InChI=1S/C20H16F3N3O5/c1-10-11(2)24-15-5-3-12(7-14(10)15)19(28)31-9-18(27)25-16-6-4-13(20(21,22)23)8-17(16)26(29)30/h3-8,24H,9H2,1-2H3,(H,25,27). The summed E-state index contributed by atoms with van der Waals surface area (Å²) in [6.45, 7) is 2.99. The highest BCUT2D eigenvalue weighted by molar-refractivity contribution is 5.99. The zero-order chi connectivity index (χ0) is 22.9. The molecule has 0 saturated heterocycles. The number of H-pyrrole nitrogens is 1. The monoisotopic (exact) mass is 435 g/mol. The van der Waals surface area contributed by atoms with Crippen LogP contribution in [0.25, 0.3) is 10.9 Å². The maximum atomic E-state index is 12.8. The van der Waals surface area contributed by atoms with E-state index in [9.17, 15) is 32.9 Å². The molecule has 31 heavy (non-hydrogen) atoms. The molecule has 2 N–H and O–H groups in total. The summed E-state index contributed by atoms with van der Waals surface area (Å²) >= 11 is 0. The number of esters is 1. The summed E-state index contributed by atoms with van der Waals surface area (Å²) < 4.78 is 43.2. The van der Waals surface area contributed by atoms with Crippen LogP contribution >= 0.6 is 0 Å². The van der Waals surface area contributed by atoms with Crippen molar-refractivity contribution in [1.82, 2.24) is 4.98 Å². The third-order valence-corrected chi connectivity index (χ3v) is 4.67. The number of aryl methyl sites for hydroxylation is 2. The van der Waals surface area contributed by atoms with E-state index in [1.165, 1.54) is 6.07 Å². The van der Waals surface area contributed by atoms with Gasteiger partial charge in [-0.25, -0.2) is 4.79 Å². The molecule has 0 fully saturated rings. The van der Waals surface area contributed by atoms with Gasteiger partial charge in [0.2, 0.25) is 0 Å². The highest BCUT2D eigenvalue weighted by Crippen LogP contribution is 2.35. The van der Waals surface area contributed by atoms with Crippen molar-refractivity contribution in [2.45, 2.75) is 20.0 Å². The van der Waals surface area contributed by atoms with E-state index < -0.39 is 46.5 Å². The molecule has 0 unspecified atom stereocenters. The molecule has 3 rings (SSSR count). The zero-order valence-electron chi connectivity index (χ0n) is 16.3. The number of carbonyl (C=O) groups is 2. The van der Waals surface area contributed by atoms with Crippen molar-refractivity contribution in [2.75, 3.05) is 11.9 Å². The van der Waals surface area contributed by atoms with Crippen LogP contribution in [0, 0.1) is 24.0 Å². The molecule has 0 spiro atoms. The Labute approximate surface area is 173 Å². The van der Waals surface area contributed by atoms with Crippen molar-refractivity contribution in [3.05, 3.63) is 68.9 Å².